The van der Waals surface area contributed by atoms with Gasteiger partial charge in [0.15, 0.2) is 5.78 Å². The van der Waals surface area contributed by atoms with Gasteiger partial charge >= 0.3 is 5.97 Å². The van der Waals surface area contributed by atoms with Crippen LogP contribution in [0.3, 0.4) is 0 Å². The first kappa shape index (κ1) is 21.0. The predicted octanol–water partition coefficient (Wildman–Crippen LogP) is 5.80. The number of hydrogen-bond donors (Lipinski definition) is 1. The average Bonchev–Trinajstić information content (AvgIpc) is 3.05. The summed E-state index contributed by atoms with van der Waals surface area (Å²) in [5.74, 6) is -0.552. The summed E-state index contributed by atoms with van der Waals surface area (Å²) >= 11 is 1.31. The highest BCUT2D eigenvalue weighted by Gasteiger charge is 2.32. The minimum absolute atomic E-state index is 0.0444. The molecule has 3 rings (SSSR count). The van der Waals surface area contributed by atoms with E-state index in [0.29, 0.717) is 23.4 Å². The van der Waals surface area contributed by atoms with E-state index in [2.05, 4.69) is 4.99 Å². The van der Waals surface area contributed by atoms with Crippen molar-refractivity contribution in [1.82, 2.24) is 0 Å². The maximum absolute atomic E-state index is 12.6. The molecule has 5 nitrogen and oxygen atoms in total. The summed E-state index contributed by atoms with van der Waals surface area (Å²) < 4.78 is 5.24. The molecule has 29 heavy (non-hydrogen) atoms. The SMILES string of the molecule is CCOC(=O)c1c(-c2ccc(C)cc2)csc1/N=C/C1=C(O)CC(C)(C)CC1=O. The molecule has 0 saturated heterocycles. The van der Waals surface area contributed by atoms with Crippen LogP contribution < -0.4 is 0 Å². The van der Waals surface area contributed by atoms with E-state index < -0.39 is 5.97 Å². The summed E-state index contributed by atoms with van der Waals surface area (Å²) in [6.07, 6.45) is 2.15. The Morgan fingerprint density at radius 1 is 1.28 bits per heavy atom. The number of aliphatic imine (C=N–C) groups is 1. The van der Waals surface area contributed by atoms with Crippen LogP contribution in [-0.2, 0) is 9.53 Å². The van der Waals surface area contributed by atoms with E-state index in [1.807, 2.05) is 50.4 Å². The summed E-state index contributed by atoms with van der Waals surface area (Å²) in [4.78, 5) is 29.5. The number of carbonyl (C=O) groups is 2. The van der Waals surface area contributed by atoms with Crippen molar-refractivity contribution in [3.8, 4) is 11.1 Å². The molecule has 0 atom stereocenters. The van der Waals surface area contributed by atoms with E-state index >= 15 is 0 Å². The lowest BCUT2D eigenvalue weighted by Gasteiger charge is -2.28. The minimum atomic E-state index is -0.453. The number of benzene rings is 1. The number of aliphatic hydroxyl groups is 1. The molecular weight excluding hydrogens is 386 g/mol. The summed E-state index contributed by atoms with van der Waals surface area (Å²) in [6, 6.07) is 7.87. The van der Waals surface area contributed by atoms with Gasteiger partial charge in [-0.3, -0.25) is 4.79 Å². The Morgan fingerprint density at radius 2 is 1.97 bits per heavy atom. The Hall–Kier alpha value is -2.73. The van der Waals surface area contributed by atoms with Crippen LogP contribution in [0.5, 0.6) is 0 Å². The van der Waals surface area contributed by atoms with Crippen molar-refractivity contribution in [3.05, 3.63) is 52.1 Å². The molecule has 0 saturated carbocycles. The molecule has 0 spiro atoms. The Morgan fingerprint density at radius 3 is 2.59 bits per heavy atom. The maximum Gasteiger partial charge on any atom is 0.341 e. The lowest BCUT2D eigenvalue weighted by molar-refractivity contribution is -0.117. The third-order valence-electron chi connectivity index (χ3n) is 4.82. The monoisotopic (exact) mass is 411 g/mol. The number of thiophene rings is 1. The highest BCUT2D eigenvalue weighted by Crippen LogP contribution is 2.39. The fourth-order valence-electron chi connectivity index (χ4n) is 3.36. The number of rotatable bonds is 5. The fraction of sp³-hybridized carbons (Fsp3) is 0.348. The van der Waals surface area contributed by atoms with Crippen molar-refractivity contribution in [2.45, 2.75) is 40.5 Å². The van der Waals surface area contributed by atoms with Crippen molar-refractivity contribution < 1.29 is 19.4 Å². The zero-order valence-electron chi connectivity index (χ0n) is 17.1. The molecule has 1 heterocycles. The fourth-order valence-corrected chi connectivity index (χ4v) is 4.27. The predicted molar refractivity (Wildman–Crippen MR) is 116 cm³/mol. The van der Waals surface area contributed by atoms with Crippen LogP contribution in [0.2, 0.25) is 0 Å². The van der Waals surface area contributed by atoms with Gasteiger partial charge in [-0.15, -0.1) is 11.3 Å². The van der Waals surface area contributed by atoms with Gasteiger partial charge in [-0.1, -0.05) is 43.7 Å². The van der Waals surface area contributed by atoms with Crippen molar-refractivity contribution in [2.24, 2.45) is 10.4 Å². The third-order valence-corrected chi connectivity index (χ3v) is 5.71. The van der Waals surface area contributed by atoms with Crippen molar-refractivity contribution in [1.29, 1.82) is 0 Å². The Bertz CT molecular complexity index is 996. The summed E-state index contributed by atoms with van der Waals surface area (Å²) in [5, 5.41) is 12.6. The summed E-state index contributed by atoms with van der Waals surface area (Å²) in [6.45, 7) is 7.90. The van der Waals surface area contributed by atoms with E-state index in [1.54, 1.807) is 6.92 Å². The number of carbonyl (C=O) groups excluding carboxylic acids is 2. The quantitative estimate of drug-likeness (QED) is 0.498. The van der Waals surface area contributed by atoms with Crippen molar-refractivity contribution in [2.75, 3.05) is 6.61 Å². The van der Waals surface area contributed by atoms with Gasteiger partial charge in [-0.25, -0.2) is 9.79 Å². The van der Waals surface area contributed by atoms with Gasteiger partial charge in [0.25, 0.3) is 0 Å². The highest BCUT2D eigenvalue weighted by atomic mass is 32.1. The average molecular weight is 412 g/mol. The second kappa shape index (κ2) is 8.33. The van der Waals surface area contributed by atoms with Gasteiger partial charge < -0.3 is 9.84 Å². The van der Waals surface area contributed by atoms with Crippen LogP contribution in [0, 0.1) is 12.3 Å². The largest absolute Gasteiger partial charge is 0.511 e. The van der Waals surface area contributed by atoms with E-state index in [0.717, 1.165) is 16.7 Å². The van der Waals surface area contributed by atoms with Crippen LogP contribution in [0.4, 0.5) is 5.00 Å². The smallest absolute Gasteiger partial charge is 0.341 e. The van der Waals surface area contributed by atoms with Crippen LogP contribution in [0.15, 0.2) is 46.0 Å². The van der Waals surface area contributed by atoms with Crippen LogP contribution in [0.25, 0.3) is 11.1 Å². The minimum Gasteiger partial charge on any atom is -0.511 e. The number of aryl methyl sites for hydroxylation is 1. The number of ether oxygens (including phenoxy) is 1. The van der Waals surface area contributed by atoms with E-state index in [-0.39, 0.29) is 29.1 Å². The van der Waals surface area contributed by atoms with Crippen molar-refractivity contribution in [3.63, 3.8) is 0 Å². The summed E-state index contributed by atoms with van der Waals surface area (Å²) in [5.41, 5.74) is 3.09. The first-order chi connectivity index (χ1) is 13.7. The molecule has 1 aliphatic carbocycles. The van der Waals surface area contributed by atoms with Gasteiger partial charge in [-0.2, -0.15) is 0 Å². The first-order valence-corrected chi connectivity index (χ1v) is 10.4. The number of ketones is 1. The summed E-state index contributed by atoms with van der Waals surface area (Å²) in [7, 11) is 0. The van der Waals surface area contributed by atoms with Crippen LogP contribution in [-0.4, -0.2) is 29.7 Å². The molecule has 1 aromatic heterocycles. The van der Waals surface area contributed by atoms with Gasteiger partial charge in [-0.05, 0) is 24.8 Å². The molecule has 0 radical (unpaired) electrons. The van der Waals surface area contributed by atoms with Gasteiger partial charge in [0, 0.05) is 30.0 Å². The lowest BCUT2D eigenvalue weighted by atomic mass is 9.77. The molecule has 1 aliphatic rings. The molecule has 0 aliphatic heterocycles. The number of Topliss-reactive ketones (excluding diaryl/α,β-unsaturated/α-hetero) is 1. The molecule has 152 valence electrons. The molecule has 6 heteroatoms. The van der Waals surface area contributed by atoms with Crippen LogP contribution >= 0.6 is 11.3 Å². The van der Waals surface area contributed by atoms with Gasteiger partial charge in [0.2, 0.25) is 0 Å². The topological polar surface area (TPSA) is 76.0 Å². The maximum atomic E-state index is 12.6. The van der Waals surface area contributed by atoms with Crippen molar-refractivity contribution >= 4 is 34.3 Å². The second-order valence-corrected chi connectivity index (χ2v) is 8.83. The van der Waals surface area contributed by atoms with Gasteiger partial charge in [0.1, 0.15) is 16.3 Å². The normalized spacial score (nSPS) is 16.5. The molecule has 2 aromatic rings. The molecular formula is C23H25NO4S. The van der Waals surface area contributed by atoms with E-state index in [9.17, 15) is 14.7 Å². The third kappa shape index (κ3) is 4.65. The standard InChI is InChI=1S/C23H25NO4S/c1-5-28-22(27)20-17(15-8-6-14(2)7-9-15)13-29-21(20)24-12-16-18(25)10-23(3,4)11-19(16)26/h6-9,12-13,25H,5,10-11H2,1-4H3/b24-12+. The number of esters is 1. The Labute approximate surface area is 174 Å². The number of hydrogen-bond acceptors (Lipinski definition) is 6. The van der Waals surface area contributed by atoms with E-state index in [1.165, 1.54) is 17.6 Å². The zero-order valence-corrected chi connectivity index (χ0v) is 17.9. The Balaban J connectivity index is 2.01. The van der Waals surface area contributed by atoms with E-state index in [4.69, 9.17) is 4.74 Å². The second-order valence-electron chi connectivity index (χ2n) is 7.98. The Kier molecular flexibility index (Phi) is 6.03. The lowest BCUT2D eigenvalue weighted by Crippen LogP contribution is -2.26. The number of nitrogens with zero attached hydrogens (tertiary/aromatic N) is 1. The number of allylic oxidation sites excluding steroid dienone is 2. The number of aliphatic hydroxyl groups excluding tert-OH is 1. The molecule has 0 amide bonds. The molecule has 0 fully saturated rings. The van der Waals surface area contributed by atoms with Gasteiger partial charge in [0.05, 0.1) is 12.2 Å². The first-order valence-electron chi connectivity index (χ1n) is 9.57. The molecule has 1 N–H and O–H groups in total. The van der Waals surface area contributed by atoms with Crippen LogP contribution in [0.1, 0.15) is 49.5 Å². The highest BCUT2D eigenvalue weighted by molar-refractivity contribution is 7.14. The molecule has 0 bridgehead atoms. The zero-order chi connectivity index (χ0) is 21.2. The molecule has 1 aromatic carbocycles. The molecule has 0 unspecified atom stereocenters.